The maximum absolute atomic E-state index is 12.7. The summed E-state index contributed by atoms with van der Waals surface area (Å²) in [6.45, 7) is 5.16. The van der Waals surface area contributed by atoms with Gasteiger partial charge in [-0.1, -0.05) is 59.7 Å². The molecule has 0 aliphatic carbocycles. The SMILES string of the molecule is Cc1cccc(C(NC(=O)CC2CSCCN2)c2cccc(C)c2)c1.Cl. The molecule has 5 heteroatoms. The van der Waals surface area contributed by atoms with Crippen LogP contribution in [0.3, 0.4) is 0 Å². The molecule has 1 unspecified atom stereocenters. The first-order valence-corrected chi connectivity index (χ1v) is 10.0. The van der Waals surface area contributed by atoms with Gasteiger partial charge in [0.1, 0.15) is 0 Å². The summed E-state index contributed by atoms with van der Waals surface area (Å²) in [5.41, 5.74) is 4.67. The van der Waals surface area contributed by atoms with Crippen molar-refractivity contribution in [3.8, 4) is 0 Å². The van der Waals surface area contributed by atoms with E-state index >= 15 is 0 Å². The normalized spacial score (nSPS) is 16.8. The number of amides is 1. The number of halogens is 1. The summed E-state index contributed by atoms with van der Waals surface area (Å²) in [4.78, 5) is 12.7. The topological polar surface area (TPSA) is 41.1 Å². The highest BCUT2D eigenvalue weighted by Crippen LogP contribution is 2.24. The molecule has 2 aromatic rings. The van der Waals surface area contributed by atoms with Crippen molar-refractivity contribution in [1.29, 1.82) is 0 Å². The summed E-state index contributed by atoms with van der Waals surface area (Å²) in [7, 11) is 0. The molecule has 3 nitrogen and oxygen atoms in total. The molecule has 1 saturated heterocycles. The molecule has 1 heterocycles. The number of carbonyl (C=O) groups is 1. The molecule has 1 aliphatic heterocycles. The molecule has 3 rings (SSSR count). The summed E-state index contributed by atoms with van der Waals surface area (Å²) in [5, 5.41) is 6.70. The minimum atomic E-state index is -0.108. The lowest BCUT2D eigenvalue weighted by Crippen LogP contribution is -2.42. The van der Waals surface area contributed by atoms with E-state index < -0.39 is 0 Å². The maximum atomic E-state index is 12.7. The highest BCUT2D eigenvalue weighted by atomic mass is 35.5. The largest absolute Gasteiger partial charge is 0.345 e. The van der Waals surface area contributed by atoms with Gasteiger partial charge >= 0.3 is 0 Å². The van der Waals surface area contributed by atoms with E-state index in [4.69, 9.17) is 0 Å². The van der Waals surface area contributed by atoms with Crippen LogP contribution in [0.25, 0.3) is 0 Å². The van der Waals surface area contributed by atoms with E-state index in [2.05, 4.69) is 73.0 Å². The van der Waals surface area contributed by atoms with Crippen LogP contribution in [0, 0.1) is 13.8 Å². The van der Waals surface area contributed by atoms with Crippen molar-refractivity contribution in [2.24, 2.45) is 0 Å². The second kappa shape index (κ2) is 10.0. The van der Waals surface area contributed by atoms with Gasteiger partial charge in [0.25, 0.3) is 0 Å². The molecule has 2 aromatic carbocycles. The minimum absolute atomic E-state index is 0. The molecule has 0 bridgehead atoms. The Bertz CT molecular complexity index is 686. The highest BCUT2D eigenvalue weighted by Gasteiger charge is 2.21. The van der Waals surface area contributed by atoms with Crippen LogP contribution in [-0.4, -0.2) is 30.0 Å². The molecular weight excluding hydrogens is 364 g/mol. The molecule has 0 saturated carbocycles. The fourth-order valence-corrected chi connectivity index (χ4v) is 4.20. The summed E-state index contributed by atoms with van der Waals surface area (Å²) in [6.07, 6.45) is 0.529. The quantitative estimate of drug-likeness (QED) is 0.809. The Balaban J connectivity index is 0.00000243. The fourth-order valence-electron chi connectivity index (χ4n) is 3.25. The first-order valence-electron chi connectivity index (χ1n) is 8.85. The van der Waals surface area contributed by atoms with E-state index in [-0.39, 0.29) is 30.4 Å². The standard InChI is InChI=1S/C21H26N2OS.ClH/c1-15-5-3-7-17(11-15)21(18-8-4-6-16(2)12-18)23-20(24)13-19-14-25-10-9-22-19;/h3-8,11-12,19,21-22H,9-10,13-14H2,1-2H3,(H,23,24);1H. The number of carbonyl (C=O) groups excluding carboxylic acids is 1. The molecule has 1 aliphatic rings. The predicted molar refractivity (Wildman–Crippen MR) is 113 cm³/mol. The van der Waals surface area contributed by atoms with Crippen LogP contribution in [0.1, 0.15) is 34.7 Å². The van der Waals surface area contributed by atoms with Crippen molar-refractivity contribution in [3.05, 3.63) is 70.8 Å². The zero-order valence-corrected chi connectivity index (χ0v) is 17.0. The van der Waals surface area contributed by atoms with Crippen LogP contribution >= 0.6 is 24.2 Å². The summed E-state index contributed by atoms with van der Waals surface area (Å²) in [5.74, 6) is 2.24. The first-order chi connectivity index (χ1) is 12.1. The molecule has 1 atom stereocenters. The molecular formula is C21H27ClN2OS. The van der Waals surface area contributed by atoms with Gasteiger partial charge in [-0.15, -0.1) is 12.4 Å². The van der Waals surface area contributed by atoms with Crippen molar-refractivity contribution in [1.82, 2.24) is 10.6 Å². The van der Waals surface area contributed by atoms with E-state index in [1.165, 1.54) is 11.1 Å². The van der Waals surface area contributed by atoms with Crippen molar-refractivity contribution in [2.45, 2.75) is 32.4 Å². The summed E-state index contributed by atoms with van der Waals surface area (Å²) in [6, 6.07) is 16.9. The van der Waals surface area contributed by atoms with Crippen molar-refractivity contribution >= 4 is 30.1 Å². The molecule has 26 heavy (non-hydrogen) atoms. The second-order valence-corrected chi connectivity index (χ2v) is 7.91. The maximum Gasteiger partial charge on any atom is 0.222 e. The molecule has 140 valence electrons. The molecule has 1 fully saturated rings. The smallest absolute Gasteiger partial charge is 0.222 e. The lowest BCUT2D eigenvalue weighted by atomic mass is 9.96. The number of hydrogen-bond donors (Lipinski definition) is 2. The van der Waals surface area contributed by atoms with E-state index in [1.54, 1.807) is 0 Å². The van der Waals surface area contributed by atoms with Crippen LogP contribution in [0.4, 0.5) is 0 Å². The van der Waals surface area contributed by atoms with Gasteiger partial charge < -0.3 is 10.6 Å². The number of aryl methyl sites for hydroxylation is 2. The van der Waals surface area contributed by atoms with Gasteiger partial charge in [0.2, 0.25) is 5.91 Å². The van der Waals surface area contributed by atoms with Crippen LogP contribution in [0.15, 0.2) is 48.5 Å². The van der Waals surface area contributed by atoms with Gasteiger partial charge in [-0.3, -0.25) is 4.79 Å². The Hall–Kier alpha value is -1.49. The van der Waals surface area contributed by atoms with E-state index in [1.807, 2.05) is 11.8 Å². The highest BCUT2D eigenvalue weighted by molar-refractivity contribution is 7.99. The van der Waals surface area contributed by atoms with Gasteiger partial charge in [-0.25, -0.2) is 0 Å². The Morgan fingerprint density at radius 2 is 1.77 bits per heavy atom. The fraction of sp³-hybridized carbons (Fsp3) is 0.381. The third-order valence-corrected chi connectivity index (χ3v) is 5.62. The van der Waals surface area contributed by atoms with Gasteiger partial charge in [-0.2, -0.15) is 11.8 Å². The van der Waals surface area contributed by atoms with Crippen LogP contribution in [-0.2, 0) is 4.79 Å². The van der Waals surface area contributed by atoms with Gasteiger partial charge in [-0.05, 0) is 25.0 Å². The third-order valence-electron chi connectivity index (χ3n) is 4.49. The summed E-state index contributed by atoms with van der Waals surface area (Å²) >= 11 is 1.92. The number of rotatable bonds is 5. The van der Waals surface area contributed by atoms with Crippen LogP contribution in [0.2, 0.25) is 0 Å². The number of thioether (sulfide) groups is 1. The molecule has 0 aromatic heterocycles. The number of nitrogens with one attached hydrogen (secondary N) is 2. The van der Waals surface area contributed by atoms with Gasteiger partial charge in [0.15, 0.2) is 0 Å². The number of benzene rings is 2. The zero-order valence-electron chi connectivity index (χ0n) is 15.3. The van der Waals surface area contributed by atoms with Crippen molar-refractivity contribution in [2.75, 3.05) is 18.1 Å². The minimum Gasteiger partial charge on any atom is -0.345 e. The van der Waals surface area contributed by atoms with E-state index in [0.717, 1.165) is 29.2 Å². The molecule has 0 spiro atoms. The summed E-state index contributed by atoms with van der Waals surface area (Å²) < 4.78 is 0. The monoisotopic (exact) mass is 390 g/mol. The molecule has 1 amide bonds. The Kier molecular flexibility index (Phi) is 8.01. The van der Waals surface area contributed by atoms with Crippen LogP contribution < -0.4 is 10.6 Å². The van der Waals surface area contributed by atoms with Crippen molar-refractivity contribution < 1.29 is 4.79 Å². The second-order valence-electron chi connectivity index (χ2n) is 6.76. The average Bonchev–Trinajstić information content (AvgIpc) is 2.60. The van der Waals surface area contributed by atoms with Crippen LogP contribution in [0.5, 0.6) is 0 Å². The van der Waals surface area contributed by atoms with Gasteiger partial charge in [0.05, 0.1) is 6.04 Å². The van der Waals surface area contributed by atoms with Gasteiger partial charge in [0, 0.05) is 30.5 Å². The zero-order chi connectivity index (χ0) is 17.6. The Labute approximate surface area is 166 Å². The van der Waals surface area contributed by atoms with E-state index in [0.29, 0.717) is 6.42 Å². The van der Waals surface area contributed by atoms with Crippen molar-refractivity contribution in [3.63, 3.8) is 0 Å². The molecule has 0 radical (unpaired) electrons. The molecule has 2 N–H and O–H groups in total. The lowest BCUT2D eigenvalue weighted by Gasteiger charge is -2.25. The Morgan fingerprint density at radius 3 is 2.27 bits per heavy atom. The Morgan fingerprint density at radius 1 is 1.15 bits per heavy atom. The third kappa shape index (κ3) is 5.76. The predicted octanol–water partition coefficient (Wildman–Crippen LogP) is 4.03. The number of hydrogen-bond acceptors (Lipinski definition) is 3. The first kappa shape index (κ1) is 20.8. The van der Waals surface area contributed by atoms with E-state index in [9.17, 15) is 4.79 Å². The average molecular weight is 391 g/mol. The lowest BCUT2D eigenvalue weighted by molar-refractivity contribution is -0.122.